The maximum Gasteiger partial charge on any atom is 0.239 e. The zero-order chi connectivity index (χ0) is 18.4. The lowest BCUT2D eigenvalue weighted by Gasteiger charge is -2.25. The summed E-state index contributed by atoms with van der Waals surface area (Å²) in [4.78, 5) is 16.9. The topological polar surface area (TPSA) is 49.6 Å². The number of benzene rings is 2. The lowest BCUT2D eigenvalue weighted by Crippen LogP contribution is -2.46. The zero-order valence-corrected chi connectivity index (χ0v) is 17.4. The van der Waals surface area contributed by atoms with Crippen molar-refractivity contribution in [2.45, 2.75) is 25.4 Å². The number of amides is 1. The van der Waals surface area contributed by atoms with Gasteiger partial charge >= 0.3 is 0 Å². The van der Waals surface area contributed by atoms with E-state index in [0.717, 1.165) is 43.7 Å². The van der Waals surface area contributed by atoms with E-state index in [1.54, 1.807) is 0 Å². The smallest absolute Gasteiger partial charge is 0.239 e. The summed E-state index contributed by atoms with van der Waals surface area (Å²) in [5, 5.41) is 0. The van der Waals surface area contributed by atoms with Gasteiger partial charge in [-0.25, -0.2) is 4.39 Å². The van der Waals surface area contributed by atoms with Gasteiger partial charge in [-0.05, 0) is 36.1 Å². The van der Waals surface area contributed by atoms with Crippen LogP contribution in [0.1, 0.15) is 17.5 Å². The third-order valence-electron chi connectivity index (χ3n) is 4.84. The van der Waals surface area contributed by atoms with Crippen LogP contribution in [0, 0.1) is 5.82 Å². The Balaban J connectivity index is 0.00000196. The van der Waals surface area contributed by atoms with E-state index in [9.17, 15) is 9.18 Å². The van der Waals surface area contributed by atoms with Gasteiger partial charge in [-0.2, -0.15) is 0 Å². The van der Waals surface area contributed by atoms with Gasteiger partial charge < -0.3 is 10.6 Å². The first kappa shape index (κ1) is 24.4. The molecule has 2 aromatic rings. The SMILES string of the molecule is Cl.Cl.N[C@H](Cc1ccccc1)C(=O)N1CCCN(Cc2ccc(F)cc2)CC1. The third-order valence-corrected chi connectivity index (χ3v) is 4.84. The van der Waals surface area contributed by atoms with Crippen LogP contribution in [0.25, 0.3) is 0 Å². The molecule has 0 bridgehead atoms. The molecule has 1 heterocycles. The fourth-order valence-corrected chi connectivity index (χ4v) is 3.39. The van der Waals surface area contributed by atoms with Crippen LogP contribution in [-0.4, -0.2) is 47.9 Å². The Morgan fingerprint density at radius 1 is 0.929 bits per heavy atom. The molecule has 2 aromatic carbocycles. The van der Waals surface area contributed by atoms with Crippen LogP contribution < -0.4 is 5.73 Å². The minimum atomic E-state index is -0.499. The average molecular weight is 428 g/mol. The number of rotatable bonds is 5. The minimum Gasteiger partial charge on any atom is -0.340 e. The van der Waals surface area contributed by atoms with Crippen molar-refractivity contribution in [2.24, 2.45) is 5.73 Å². The van der Waals surface area contributed by atoms with Gasteiger partial charge in [-0.1, -0.05) is 42.5 Å². The number of hydrogen-bond acceptors (Lipinski definition) is 3. The standard InChI is InChI=1S/C21H26FN3O.2ClH/c22-19-9-7-18(8-10-19)16-24-11-4-12-25(14-13-24)21(26)20(23)15-17-5-2-1-3-6-17;;/h1-3,5-10,20H,4,11-16,23H2;2*1H/t20-;;/m1../s1. The van der Waals surface area contributed by atoms with Gasteiger partial charge in [0.15, 0.2) is 0 Å². The van der Waals surface area contributed by atoms with Gasteiger partial charge in [0, 0.05) is 32.7 Å². The van der Waals surface area contributed by atoms with Crippen molar-refractivity contribution < 1.29 is 9.18 Å². The van der Waals surface area contributed by atoms with E-state index in [2.05, 4.69) is 4.90 Å². The summed E-state index contributed by atoms with van der Waals surface area (Å²) in [7, 11) is 0. The highest BCUT2D eigenvalue weighted by Crippen LogP contribution is 2.12. The largest absolute Gasteiger partial charge is 0.340 e. The minimum absolute atomic E-state index is 0. The Hall–Kier alpha value is -1.66. The molecule has 0 saturated carbocycles. The normalized spacial score (nSPS) is 15.7. The summed E-state index contributed by atoms with van der Waals surface area (Å²) < 4.78 is 13.0. The Bertz CT molecular complexity index is 715. The van der Waals surface area contributed by atoms with E-state index in [1.807, 2.05) is 47.4 Å². The number of hydrogen-bond donors (Lipinski definition) is 1. The lowest BCUT2D eigenvalue weighted by molar-refractivity contribution is -0.132. The molecule has 0 unspecified atom stereocenters. The summed E-state index contributed by atoms with van der Waals surface area (Å²) in [5.74, 6) is -0.189. The van der Waals surface area contributed by atoms with Crippen molar-refractivity contribution in [1.29, 1.82) is 0 Å². The fraction of sp³-hybridized carbons (Fsp3) is 0.381. The monoisotopic (exact) mass is 427 g/mol. The van der Waals surface area contributed by atoms with E-state index < -0.39 is 6.04 Å². The number of nitrogens with zero attached hydrogens (tertiary/aromatic N) is 2. The van der Waals surface area contributed by atoms with Crippen molar-refractivity contribution >= 4 is 30.7 Å². The molecular formula is C21H28Cl2FN3O. The molecule has 0 aliphatic carbocycles. The van der Waals surface area contributed by atoms with Crippen LogP contribution in [0.15, 0.2) is 54.6 Å². The van der Waals surface area contributed by atoms with Gasteiger partial charge in [0.2, 0.25) is 5.91 Å². The predicted octanol–water partition coefficient (Wildman–Crippen LogP) is 3.27. The first-order valence-corrected chi connectivity index (χ1v) is 9.17. The van der Waals surface area contributed by atoms with E-state index in [4.69, 9.17) is 5.73 Å². The van der Waals surface area contributed by atoms with Gasteiger partial charge in [-0.15, -0.1) is 24.8 Å². The molecule has 1 amide bonds. The molecule has 1 aliphatic rings. The van der Waals surface area contributed by atoms with Gasteiger partial charge in [-0.3, -0.25) is 9.69 Å². The van der Waals surface area contributed by atoms with Gasteiger partial charge in [0.1, 0.15) is 5.82 Å². The highest BCUT2D eigenvalue weighted by atomic mass is 35.5. The molecule has 0 spiro atoms. The Morgan fingerprint density at radius 3 is 2.29 bits per heavy atom. The van der Waals surface area contributed by atoms with Gasteiger partial charge in [0.05, 0.1) is 6.04 Å². The average Bonchev–Trinajstić information content (AvgIpc) is 2.89. The van der Waals surface area contributed by atoms with Crippen LogP contribution in [0.3, 0.4) is 0 Å². The lowest BCUT2D eigenvalue weighted by atomic mass is 10.1. The van der Waals surface area contributed by atoms with Gasteiger partial charge in [0.25, 0.3) is 0 Å². The number of halogens is 3. The molecule has 3 rings (SSSR count). The Labute approximate surface area is 178 Å². The zero-order valence-electron chi connectivity index (χ0n) is 15.8. The summed E-state index contributed by atoms with van der Waals surface area (Å²) in [5.41, 5.74) is 8.34. The van der Waals surface area contributed by atoms with E-state index in [1.165, 1.54) is 12.1 Å². The first-order valence-electron chi connectivity index (χ1n) is 9.17. The molecule has 154 valence electrons. The molecule has 28 heavy (non-hydrogen) atoms. The second-order valence-corrected chi connectivity index (χ2v) is 6.88. The summed E-state index contributed by atoms with van der Waals surface area (Å²) in [6, 6.07) is 16.0. The Kier molecular flexibility index (Phi) is 10.5. The van der Waals surface area contributed by atoms with Crippen molar-refractivity contribution in [1.82, 2.24) is 9.80 Å². The van der Waals surface area contributed by atoms with Crippen LogP contribution in [0.2, 0.25) is 0 Å². The van der Waals surface area contributed by atoms with Crippen LogP contribution in [0.5, 0.6) is 0 Å². The predicted molar refractivity (Wildman–Crippen MR) is 115 cm³/mol. The molecule has 1 atom stereocenters. The van der Waals surface area contributed by atoms with E-state index >= 15 is 0 Å². The van der Waals surface area contributed by atoms with Crippen molar-refractivity contribution in [3.05, 3.63) is 71.5 Å². The quantitative estimate of drug-likeness (QED) is 0.796. The van der Waals surface area contributed by atoms with Crippen LogP contribution >= 0.6 is 24.8 Å². The molecule has 0 radical (unpaired) electrons. The molecule has 0 aromatic heterocycles. The number of nitrogens with two attached hydrogens (primary N) is 1. The van der Waals surface area contributed by atoms with E-state index in [-0.39, 0.29) is 36.5 Å². The molecule has 4 nitrogen and oxygen atoms in total. The molecule has 2 N–H and O–H groups in total. The highest BCUT2D eigenvalue weighted by Gasteiger charge is 2.24. The summed E-state index contributed by atoms with van der Waals surface area (Å²) >= 11 is 0. The number of carbonyl (C=O) groups is 1. The maximum atomic E-state index is 13.0. The van der Waals surface area contributed by atoms with Crippen molar-refractivity contribution in [3.8, 4) is 0 Å². The van der Waals surface area contributed by atoms with E-state index in [0.29, 0.717) is 13.0 Å². The van der Waals surface area contributed by atoms with Crippen LogP contribution in [-0.2, 0) is 17.8 Å². The summed E-state index contributed by atoms with van der Waals surface area (Å²) in [6.07, 6.45) is 1.49. The highest BCUT2D eigenvalue weighted by molar-refractivity contribution is 5.85. The summed E-state index contributed by atoms with van der Waals surface area (Å²) in [6.45, 7) is 3.93. The maximum absolute atomic E-state index is 13.0. The molecule has 1 fully saturated rings. The Morgan fingerprint density at radius 2 is 1.61 bits per heavy atom. The molecule has 1 aliphatic heterocycles. The number of carbonyl (C=O) groups excluding carboxylic acids is 1. The molecule has 1 saturated heterocycles. The van der Waals surface area contributed by atoms with Crippen LogP contribution in [0.4, 0.5) is 4.39 Å². The fourth-order valence-electron chi connectivity index (χ4n) is 3.39. The van der Waals surface area contributed by atoms with Crippen molar-refractivity contribution in [3.63, 3.8) is 0 Å². The molecular weight excluding hydrogens is 400 g/mol. The second-order valence-electron chi connectivity index (χ2n) is 6.88. The second kappa shape index (κ2) is 12.0. The molecule has 7 heteroatoms. The van der Waals surface area contributed by atoms with Crippen molar-refractivity contribution in [2.75, 3.05) is 26.2 Å². The first-order chi connectivity index (χ1) is 12.6. The third kappa shape index (κ3) is 7.06.